The molecule has 4 rings (SSSR count). The van der Waals surface area contributed by atoms with Gasteiger partial charge in [0.05, 0.1) is 11.6 Å². The summed E-state index contributed by atoms with van der Waals surface area (Å²) in [4.78, 5) is 18.0. The summed E-state index contributed by atoms with van der Waals surface area (Å²) in [7, 11) is 2.13. The van der Waals surface area contributed by atoms with Gasteiger partial charge in [0.25, 0.3) is 5.91 Å². The van der Waals surface area contributed by atoms with E-state index in [9.17, 15) is 4.79 Å². The van der Waals surface area contributed by atoms with Crippen molar-refractivity contribution < 1.29 is 4.79 Å². The molecule has 3 aromatic rings. The number of nitrogens with one attached hydrogen (secondary N) is 1. The second-order valence-electron chi connectivity index (χ2n) is 8.60. The van der Waals surface area contributed by atoms with E-state index in [1.807, 2.05) is 28.9 Å². The van der Waals surface area contributed by atoms with Crippen LogP contribution in [0.15, 0.2) is 54.6 Å². The number of carbonyl (C=O) groups is 1. The quantitative estimate of drug-likeness (QED) is 0.638. The predicted molar refractivity (Wildman–Crippen MR) is 125 cm³/mol. The van der Waals surface area contributed by atoms with Crippen LogP contribution in [0.3, 0.4) is 0 Å². The molecular formula is C25H33N5O. The first-order chi connectivity index (χ1) is 15.1. The minimum atomic E-state index is -0.0774. The summed E-state index contributed by atoms with van der Waals surface area (Å²) in [5.74, 6) is -0.0774. The lowest BCUT2D eigenvalue weighted by molar-refractivity contribution is 0.0919. The molecular weight excluding hydrogens is 386 g/mol. The van der Waals surface area contributed by atoms with Crippen LogP contribution in [0.4, 0.5) is 0 Å². The summed E-state index contributed by atoms with van der Waals surface area (Å²) < 4.78 is 1.98. The van der Waals surface area contributed by atoms with Crippen molar-refractivity contribution in [2.75, 3.05) is 33.2 Å². The van der Waals surface area contributed by atoms with Gasteiger partial charge in [-0.2, -0.15) is 5.10 Å². The highest BCUT2D eigenvalue weighted by molar-refractivity contribution is 6.05. The maximum absolute atomic E-state index is 13.3. The molecule has 0 saturated carbocycles. The zero-order valence-corrected chi connectivity index (χ0v) is 18.6. The third-order valence-corrected chi connectivity index (χ3v) is 5.99. The van der Waals surface area contributed by atoms with Gasteiger partial charge < -0.3 is 10.2 Å². The Morgan fingerprint density at radius 3 is 2.65 bits per heavy atom. The summed E-state index contributed by atoms with van der Waals surface area (Å²) in [6.07, 6.45) is 2.15. The fraction of sp³-hybridized carbons (Fsp3) is 0.440. The van der Waals surface area contributed by atoms with Crippen LogP contribution in [0, 0.1) is 0 Å². The van der Waals surface area contributed by atoms with Crippen molar-refractivity contribution in [3.05, 3.63) is 65.9 Å². The fourth-order valence-electron chi connectivity index (χ4n) is 4.34. The van der Waals surface area contributed by atoms with Gasteiger partial charge in [-0.15, -0.1) is 0 Å². The molecule has 1 unspecified atom stereocenters. The van der Waals surface area contributed by atoms with Crippen LogP contribution in [-0.2, 0) is 13.1 Å². The first-order valence-electron chi connectivity index (χ1n) is 11.3. The van der Waals surface area contributed by atoms with E-state index in [1.165, 1.54) is 5.56 Å². The molecule has 0 bridgehead atoms. The van der Waals surface area contributed by atoms with Crippen molar-refractivity contribution in [1.82, 2.24) is 24.9 Å². The van der Waals surface area contributed by atoms with Gasteiger partial charge >= 0.3 is 0 Å². The lowest BCUT2D eigenvalue weighted by Gasteiger charge is -2.24. The number of amides is 1. The first-order valence-corrected chi connectivity index (χ1v) is 11.3. The summed E-state index contributed by atoms with van der Waals surface area (Å²) in [6.45, 7) is 7.56. The highest BCUT2D eigenvalue weighted by atomic mass is 16.2. The predicted octanol–water partition coefficient (Wildman–Crippen LogP) is 3.38. The first kappa shape index (κ1) is 21.5. The Morgan fingerprint density at radius 2 is 1.84 bits per heavy atom. The van der Waals surface area contributed by atoms with Crippen molar-refractivity contribution in [3.8, 4) is 0 Å². The van der Waals surface area contributed by atoms with E-state index in [1.54, 1.807) is 0 Å². The maximum Gasteiger partial charge on any atom is 0.272 e. The number of fused-ring (bicyclic) bond motifs is 1. The molecule has 1 atom stereocenters. The van der Waals surface area contributed by atoms with Crippen LogP contribution in [0.1, 0.15) is 35.8 Å². The molecule has 6 nitrogen and oxygen atoms in total. The number of benzene rings is 2. The second-order valence-corrected chi connectivity index (χ2v) is 8.60. The van der Waals surface area contributed by atoms with Gasteiger partial charge in [0.2, 0.25) is 0 Å². The molecule has 1 saturated heterocycles. The standard InChI is InChI=1S/C25H33N5O/c1-3-4-14-30-23-13-9-8-12-22(23)24(27-30)25(31)26-21-18-28(2)15-16-29(19-21)17-20-10-6-5-7-11-20/h5-13,21H,3-4,14-19H2,1-2H3,(H,26,31). The normalized spacial score (nSPS) is 18.2. The van der Waals surface area contributed by atoms with Crippen LogP contribution in [0.5, 0.6) is 0 Å². The van der Waals surface area contributed by atoms with Gasteiger partial charge in [0.1, 0.15) is 0 Å². The summed E-state index contributed by atoms with van der Waals surface area (Å²) >= 11 is 0. The van der Waals surface area contributed by atoms with Gasteiger partial charge in [-0.1, -0.05) is 61.9 Å². The zero-order valence-electron chi connectivity index (χ0n) is 18.6. The second kappa shape index (κ2) is 10.1. The van der Waals surface area contributed by atoms with Gasteiger partial charge in [-0.05, 0) is 25.1 Å². The molecule has 1 aliphatic rings. The zero-order chi connectivity index (χ0) is 21.6. The molecule has 0 aliphatic carbocycles. The van der Waals surface area contributed by atoms with E-state index in [-0.39, 0.29) is 11.9 Å². The average molecular weight is 420 g/mol. The summed E-state index contributed by atoms with van der Waals surface area (Å²) in [5, 5.41) is 8.91. The number of hydrogen-bond donors (Lipinski definition) is 1. The van der Waals surface area contributed by atoms with Crippen LogP contribution < -0.4 is 5.32 Å². The van der Waals surface area contributed by atoms with Crippen LogP contribution in [0.2, 0.25) is 0 Å². The number of likely N-dealkylation sites (N-methyl/N-ethyl adjacent to an activating group) is 1. The molecule has 1 N–H and O–H groups in total. The number of aryl methyl sites for hydroxylation is 1. The molecule has 1 aromatic heterocycles. The molecule has 0 spiro atoms. The SMILES string of the molecule is CCCCn1nc(C(=O)NC2CN(C)CCN(Cc3ccccc3)C2)c2ccccc21. The summed E-state index contributed by atoms with van der Waals surface area (Å²) in [5.41, 5.74) is 2.87. The van der Waals surface area contributed by atoms with Gasteiger partial charge in [-0.25, -0.2) is 0 Å². The molecule has 2 heterocycles. The third kappa shape index (κ3) is 5.32. The minimum Gasteiger partial charge on any atom is -0.345 e. The minimum absolute atomic E-state index is 0.0586. The number of rotatable bonds is 7. The number of aromatic nitrogens is 2. The fourth-order valence-corrected chi connectivity index (χ4v) is 4.34. The molecule has 31 heavy (non-hydrogen) atoms. The number of hydrogen-bond acceptors (Lipinski definition) is 4. The van der Waals surface area contributed by atoms with E-state index in [2.05, 4.69) is 59.4 Å². The molecule has 6 heteroatoms. The van der Waals surface area contributed by atoms with E-state index >= 15 is 0 Å². The largest absolute Gasteiger partial charge is 0.345 e. The van der Waals surface area contributed by atoms with Crippen molar-refractivity contribution in [3.63, 3.8) is 0 Å². The van der Waals surface area contributed by atoms with Crippen molar-refractivity contribution in [1.29, 1.82) is 0 Å². The maximum atomic E-state index is 13.3. The molecule has 0 radical (unpaired) electrons. The number of unbranched alkanes of at least 4 members (excludes halogenated alkanes) is 1. The topological polar surface area (TPSA) is 53.4 Å². The van der Waals surface area contributed by atoms with Gasteiger partial charge in [-0.3, -0.25) is 14.4 Å². The van der Waals surface area contributed by atoms with Crippen LogP contribution in [-0.4, -0.2) is 64.8 Å². The number of nitrogens with zero attached hydrogens (tertiary/aromatic N) is 4. The van der Waals surface area contributed by atoms with Crippen molar-refractivity contribution >= 4 is 16.8 Å². The molecule has 1 amide bonds. The Hall–Kier alpha value is -2.70. The number of carbonyl (C=O) groups excluding carboxylic acids is 1. The van der Waals surface area contributed by atoms with Crippen molar-refractivity contribution in [2.24, 2.45) is 0 Å². The molecule has 2 aromatic carbocycles. The lowest BCUT2D eigenvalue weighted by atomic mass is 10.1. The monoisotopic (exact) mass is 419 g/mol. The van der Waals surface area contributed by atoms with E-state index in [0.717, 1.165) is 63.0 Å². The Labute approximate surface area is 184 Å². The Morgan fingerprint density at radius 1 is 1.06 bits per heavy atom. The molecule has 164 valence electrons. The third-order valence-electron chi connectivity index (χ3n) is 5.99. The van der Waals surface area contributed by atoms with E-state index < -0.39 is 0 Å². The Bertz CT molecular complexity index is 1000. The Balaban J connectivity index is 1.50. The van der Waals surface area contributed by atoms with Gasteiger partial charge in [0, 0.05) is 44.7 Å². The lowest BCUT2D eigenvalue weighted by Crippen LogP contribution is -2.46. The summed E-state index contributed by atoms with van der Waals surface area (Å²) in [6, 6.07) is 18.6. The number of para-hydroxylation sites is 1. The van der Waals surface area contributed by atoms with Crippen molar-refractivity contribution in [2.45, 2.75) is 38.9 Å². The van der Waals surface area contributed by atoms with Gasteiger partial charge in [0.15, 0.2) is 5.69 Å². The van der Waals surface area contributed by atoms with Crippen LogP contribution in [0.25, 0.3) is 10.9 Å². The van der Waals surface area contributed by atoms with E-state index in [0.29, 0.717) is 5.69 Å². The highest BCUT2D eigenvalue weighted by Crippen LogP contribution is 2.19. The van der Waals surface area contributed by atoms with E-state index in [4.69, 9.17) is 5.10 Å². The van der Waals surface area contributed by atoms with Crippen LogP contribution >= 0.6 is 0 Å². The molecule has 1 aliphatic heterocycles. The smallest absolute Gasteiger partial charge is 0.272 e. The Kier molecular flexibility index (Phi) is 6.99. The highest BCUT2D eigenvalue weighted by Gasteiger charge is 2.25. The molecule has 1 fully saturated rings. The average Bonchev–Trinajstić information content (AvgIpc) is 3.06.